The first-order chi connectivity index (χ1) is 9.04. The summed E-state index contributed by atoms with van der Waals surface area (Å²) < 4.78 is 29.0. The minimum absolute atomic E-state index is 0.00304. The fourth-order valence-electron chi connectivity index (χ4n) is 1.50. The molecule has 0 radical (unpaired) electrons. The number of nitrogens with zero attached hydrogens (tertiary/aromatic N) is 1. The van der Waals surface area contributed by atoms with Crippen LogP contribution in [-0.2, 0) is 9.84 Å². The quantitative estimate of drug-likeness (QED) is 0.866. The van der Waals surface area contributed by atoms with Gasteiger partial charge < -0.3 is 9.84 Å². The molecule has 19 heavy (non-hydrogen) atoms. The van der Waals surface area contributed by atoms with Gasteiger partial charge in [0.15, 0.2) is 0 Å². The summed E-state index contributed by atoms with van der Waals surface area (Å²) in [5.41, 5.74) is 0. The van der Waals surface area contributed by atoms with Crippen LogP contribution in [0.2, 0.25) is 0 Å². The number of ether oxygens (including phenoxy) is 1. The SMILES string of the molecule is N#COc1ccc(S(=O)(=O)c2ccc(O)cc2)cc1. The van der Waals surface area contributed by atoms with E-state index in [4.69, 9.17) is 10.4 Å². The number of sulfone groups is 1. The molecular weight excluding hydrogens is 266 g/mol. The van der Waals surface area contributed by atoms with Crippen molar-refractivity contribution in [3.8, 4) is 17.8 Å². The van der Waals surface area contributed by atoms with Crippen molar-refractivity contribution in [2.45, 2.75) is 9.79 Å². The number of aromatic hydroxyl groups is 1. The van der Waals surface area contributed by atoms with Gasteiger partial charge in [-0.15, -0.1) is 5.26 Å². The molecule has 0 amide bonds. The van der Waals surface area contributed by atoms with Crippen molar-refractivity contribution in [3.63, 3.8) is 0 Å². The second kappa shape index (κ2) is 5.00. The van der Waals surface area contributed by atoms with Crippen LogP contribution in [0.15, 0.2) is 58.3 Å². The van der Waals surface area contributed by atoms with Crippen LogP contribution in [-0.4, -0.2) is 13.5 Å². The Labute approximate surface area is 110 Å². The van der Waals surface area contributed by atoms with Gasteiger partial charge in [0.25, 0.3) is 6.26 Å². The summed E-state index contributed by atoms with van der Waals surface area (Å²) >= 11 is 0. The molecule has 2 aromatic rings. The van der Waals surface area contributed by atoms with Crippen LogP contribution in [0.4, 0.5) is 0 Å². The summed E-state index contributed by atoms with van der Waals surface area (Å²) in [4.78, 5) is 0.169. The zero-order valence-electron chi connectivity index (χ0n) is 9.65. The largest absolute Gasteiger partial charge is 0.508 e. The van der Waals surface area contributed by atoms with Crippen LogP contribution in [0.25, 0.3) is 0 Å². The normalized spacial score (nSPS) is 10.7. The fraction of sp³-hybridized carbons (Fsp3) is 0. The van der Waals surface area contributed by atoms with Gasteiger partial charge in [-0.3, -0.25) is 0 Å². The maximum absolute atomic E-state index is 12.2. The van der Waals surface area contributed by atoms with E-state index in [1.165, 1.54) is 54.8 Å². The van der Waals surface area contributed by atoms with E-state index in [9.17, 15) is 8.42 Å². The molecule has 0 unspecified atom stereocenters. The highest BCUT2D eigenvalue weighted by Crippen LogP contribution is 2.24. The van der Waals surface area contributed by atoms with E-state index in [1.807, 2.05) is 0 Å². The summed E-state index contributed by atoms with van der Waals surface area (Å²) in [6, 6.07) is 10.8. The van der Waals surface area contributed by atoms with Crippen LogP contribution < -0.4 is 4.74 Å². The minimum atomic E-state index is -3.64. The first kappa shape index (κ1) is 12.9. The molecular formula is C13H9NO4S. The van der Waals surface area contributed by atoms with Gasteiger partial charge >= 0.3 is 0 Å². The average Bonchev–Trinajstić information content (AvgIpc) is 2.40. The molecule has 0 atom stereocenters. The van der Waals surface area contributed by atoms with Gasteiger partial charge in [0.1, 0.15) is 11.5 Å². The standard InChI is InChI=1S/C13H9NO4S/c14-9-18-11-3-7-13(8-4-11)19(16,17)12-5-1-10(15)2-6-12/h1-8,15H. The Morgan fingerprint density at radius 3 is 1.89 bits per heavy atom. The van der Waals surface area contributed by atoms with Crippen LogP contribution in [0.5, 0.6) is 11.5 Å². The van der Waals surface area contributed by atoms with Gasteiger partial charge in [-0.2, -0.15) is 0 Å². The number of nitriles is 1. The van der Waals surface area contributed by atoms with Gasteiger partial charge in [0, 0.05) is 0 Å². The van der Waals surface area contributed by atoms with Crippen molar-refractivity contribution in [2.75, 3.05) is 0 Å². The number of phenols is 1. The molecule has 6 heteroatoms. The molecule has 0 saturated heterocycles. The van der Waals surface area contributed by atoms with Crippen LogP contribution in [0, 0.1) is 11.5 Å². The molecule has 1 N–H and O–H groups in total. The van der Waals surface area contributed by atoms with Crippen molar-refractivity contribution in [1.29, 1.82) is 5.26 Å². The molecule has 2 rings (SSSR count). The van der Waals surface area contributed by atoms with Crippen LogP contribution in [0.3, 0.4) is 0 Å². The summed E-state index contributed by atoms with van der Waals surface area (Å²) in [7, 11) is -3.64. The molecule has 0 saturated carbocycles. The molecule has 0 fully saturated rings. The van der Waals surface area contributed by atoms with Gasteiger partial charge in [-0.1, -0.05) is 0 Å². The number of hydrogen-bond acceptors (Lipinski definition) is 5. The third-order valence-corrected chi connectivity index (χ3v) is 4.23. The van der Waals surface area contributed by atoms with Crippen LogP contribution >= 0.6 is 0 Å². The van der Waals surface area contributed by atoms with Gasteiger partial charge in [0.2, 0.25) is 9.84 Å². The Morgan fingerprint density at radius 1 is 0.947 bits per heavy atom. The second-order valence-corrected chi connectivity index (χ2v) is 5.61. The third-order valence-electron chi connectivity index (χ3n) is 2.44. The summed E-state index contributed by atoms with van der Waals surface area (Å²) in [6.07, 6.45) is 1.50. The highest BCUT2D eigenvalue weighted by molar-refractivity contribution is 7.91. The zero-order chi connectivity index (χ0) is 13.9. The first-order valence-corrected chi connectivity index (χ1v) is 6.72. The predicted octanol–water partition coefficient (Wildman–Crippen LogP) is 2.08. The second-order valence-electron chi connectivity index (χ2n) is 3.66. The molecule has 0 spiro atoms. The molecule has 0 heterocycles. The van der Waals surface area contributed by atoms with E-state index in [2.05, 4.69) is 4.74 Å². The smallest absolute Gasteiger partial charge is 0.292 e. The van der Waals surface area contributed by atoms with Gasteiger partial charge in [-0.25, -0.2) is 8.42 Å². The number of benzene rings is 2. The van der Waals surface area contributed by atoms with Crippen molar-refractivity contribution < 1.29 is 18.3 Å². The zero-order valence-corrected chi connectivity index (χ0v) is 10.5. The van der Waals surface area contributed by atoms with E-state index < -0.39 is 9.84 Å². The van der Waals surface area contributed by atoms with Crippen molar-refractivity contribution in [3.05, 3.63) is 48.5 Å². The topological polar surface area (TPSA) is 87.4 Å². The lowest BCUT2D eigenvalue weighted by molar-refractivity contribution is 0.475. The fourth-order valence-corrected chi connectivity index (χ4v) is 2.76. The first-order valence-electron chi connectivity index (χ1n) is 5.24. The predicted molar refractivity (Wildman–Crippen MR) is 66.2 cm³/mol. The number of hydrogen-bond donors (Lipinski definition) is 1. The average molecular weight is 275 g/mol. The molecule has 0 aliphatic rings. The van der Waals surface area contributed by atoms with Gasteiger partial charge in [-0.05, 0) is 48.5 Å². The molecule has 96 valence electrons. The molecule has 0 aromatic heterocycles. The highest BCUT2D eigenvalue weighted by atomic mass is 32.2. The van der Waals surface area contributed by atoms with Gasteiger partial charge in [0.05, 0.1) is 9.79 Å². The number of phenolic OH excluding ortho intramolecular Hbond substituents is 1. The van der Waals surface area contributed by atoms with E-state index in [1.54, 1.807) is 0 Å². The molecule has 0 aliphatic heterocycles. The minimum Gasteiger partial charge on any atom is -0.508 e. The molecule has 0 aliphatic carbocycles. The maximum Gasteiger partial charge on any atom is 0.292 e. The Bertz CT molecular complexity index is 713. The van der Waals surface area contributed by atoms with E-state index >= 15 is 0 Å². The van der Waals surface area contributed by atoms with Crippen molar-refractivity contribution >= 4 is 9.84 Å². The lowest BCUT2D eigenvalue weighted by Crippen LogP contribution is -2.01. The molecule has 5 nitrogen and oxygen atoms in total. The maximum atomic E-state index is 12.2. The van der Waals surface area contributed by atoms with Crippen molar-refractivity contribution in [2.24, 2.45) is 0 Å². The molecule has 0 bridgehead atoms. The molecule has 2 aromatic carbocycles. The Morgan fingerprint density at radius 2 is 1.42 bits per heavy atom. The van der Waals surface area contributed by atoms with E-state index in [-0.39, 0.29) is 21.3 Å². The summed E-state index contributed by atoms with van der Waals surface area (Å²) in [5, 5.41) is 17.5. The van der Waals surface area contributed by atoms with Crippen LogP contribution in [0.1, 0.15) is 0 Å². The lowest BCUT2D eigenvalue weighted by atomic mass is 10.3. The van der Waals surface area contributed by atoms with E-state index in [0.717, 1.165) is 0 Å². The summed E-state index contributed by atoms with van der Waals surface area (Å²) in [6.45, 7) is 0. The Kier molecular flexibility index (Phi) is 3.40. The highest BCUT2D eigenvalue weighted by Gasteiger charge is 2.17. The summed E-state index contributed by atoms with van der Waals surface area (Å²) in [5.74, 6) is 0.267. The number of rotatable bonds is 3. The Hall–Kier alpha value is -2.52. The Balaban J connectivity index is 2.39. The van der Waals surface area contributed by atoms with Crippen molar-refractivity contribution in [1.82, 2.24) is 0 Å². The monoisotopic (exact) mass is 275 g/mol. The lowest BCUT2D eigenvalue weighted by Gasteiger charge is -2.05. The third kappa shape index (κ3) is 2.67. The van der Waals surface area contributed by atoms with E-state index in [0.29, 0.717) is 0 Å².